The molecule has 0 aliphatic carbocycles. The molecular weight excluding hydrogens is 514 g/mol. The van der Waals surface area contributed by atoms with Crippen molar-refractivity contribution in [1.82, 2.24) is 30.0 Å². The van der Waals surface area contributed by atoms with Crippen molar-refractivity contribution in [2.75, 3.05) is 13.6 Å². The molecule has 0 aliphatic heterocycles. The topological polar surface area (TPSA) is 93.0 Å². The fourth-order valence-corrected chi connectivity index (χ4v) is 3.95. The highest BCUT2D eigenvalue weighted by atomic mass is 32.1. The number of hydrogen-bond donors (Lipinski definition) is 1. The van der Waals surface area contributed by atoms with Gasteiger partial charge >= 0.3 is 12.4 Å². The fraction of sp³-hybridized carbons (Fsp3) is 0.381. The first-order valence-corrected chi connectivity index (χ1v) is 11.2. The number of nitrogens with zero attached hydrogens (tertiary/aromatic N) is 5. The number of thiazole rings is 1. The summed E-state index contributed by atoms with van der Waals surface area (Å²) in [6.07, 6.45) is -8.84. The highest BCUT2D eigenvalue weighted by Crippen LogP contribution is 2.36. The van der Waals surface area contributed by atoms with Crippen molar-refractivity contribution in [1.29, 1.82) is 0 Å². The Morgan fingerprint density at radius 1 is 1.11 bits per heavy atom. The molecule has 0 aliphatic rings. The van der Waals surface area contributed by atoms with E-state index in [1.165, 1.54) is 22.7 Å². The molecule has 0 saturated carbocycles. The van der Waals surface area contributed by atoms with Gasteiger partial charge in [0, 0.05) is 19.2 Å². The number of hydrogen-bond acceptors (Lipinski definition) is 6. The summed E-state index contributed by atoms with van der Waals surface area (Å²) in [5.74, 6) is -1.07. The molecular formula is C21H20F6N6O2S. The monoisotopic (exact) mass is 534 g/mol. The third-order valence-electron chi connectivity index (χ3n) is 5.03. The molecule has 0 spiro atoms. The Bertz CT molecular complexity index is 1250. The highest BCUT2D eigenvalue weighted by molar-refractivity contribution is 7.16. The smallest absolute Gasteiger partial charge is 0.342 e. The Hall–Kier alpha value is -3.49. The van der Waals surface area contributed by atoms with Crippen LogP contribution in [0.2, 0.25) is 0 Å². The molecule has 36 heavy (non-hydrogen) atoms. The summed E-state index contributed by atoms with van der Waals surface area (Å²) in [5.41, 5.74) is -4.03. The van der Waals surface area contributed by atoms with Gasteiger partial charge in [0.25, 0.3) is 11.8 Å². The van der Waals surface area contributed by atoms with Crippen LogP contribution in [0.1, 0.15) is 62.7 Å². The standard InChI is InChI=1S/C21H20F6N6O2S/c1-5-32(4)18(35)15-9-28-19(36-15)33-16(30-11(3)31-33)10(2)29-17(34)12-6-13(20(22,23)24)8-14(7-12)21(25,26)27/h6-10H,5H2,1-4H3,(H,29,34)/t10-/m0/s1. The van der Waals surface area contributed by atoms with Gasteiger partial charge < -0.3 is 10.2 Å². The number of rotatable bonds is 6. The molecule has 1 N–H and O–H groups in total. The van der Waals surface area contributed by atoms with E-state index < -0.39 is 41.0 Å². The molecule has 0 bridgehead atoms. The first-order chi connectivity index (χ1) is 16.6. The number of alkyl halides is 6. The average Bonchev–Trinajstić information content (AvgIpc) is 3.43. The minimum absolute atomic E-state index is 0.0580. The van der Waals surface area contributed by atoms with Crippen LogP contribution < -0.4 is 5.32 Å². The van der Waals surface area contributed by atoms with E-state index in [-0.39, 0.29) is 28.8 Å². The third kappa shape index (κ3) is 5.83. The Kier molecular flexibility index (Phi) is 7.43. The van der Waals surface area contributed by atoms with Crippen LogP contribution in [0.3, 0.4) is 0 Å². The molecule has 0 unspecified atom stereocenters. The number of carbonyl (C=O) groups excluding carboxylic acids is 2. The molecule has 1 atom stereocenters. The van der Waals surface area contributed by atoms with Gasteiger partial charge in [-0.2, -0.15) is 31.0 Å². The maximum absolute atomic E-state index is 13.1. The number of aromatic nitrogens is 4. The van der Waals surface area contributed by atoms with Crippen molar-refractivity contribution < 1.29 is 35.9 Å². The molecule has 3 aromatic rings. The maximum atomic E-state index is 13.1. The summed E-state index contributed by atoms with van der Waals surface area (Å²) in [6, 6.07) is -0.367. The zero-order valence-corrected chi connectivity index (χ0v) is 20.1. The molecule has 2 heterocycles. The molecule has 0 fully saturated rings. The Morgan fingerprint density at radius 3 is 2.22 bits per heavy atom. The second-order valence-corrected chi connectivity index (χ2v) is 8.75. The summed E-state index contributed by atoms with van der Waals surface area (Å²) < 4.78 is 80.1. The van der Waals surface area contributed by atoms with Gasteiger partial charge in [0.05, 0.1) is 23.4 Å². The van der Waals surface area contributed by atoms with E-state index in [0.717, 1.165) is 11.3 Å². The van der Waals surface area contributed by atoms with Crippen LogP contribution in [-0.4, -0.2) is 50.1 Å². The van der Waals surface area contributed by atoms with Gasteiger partial charge in [-0.3, -0.25) is 9.59 Å². The molecule has 1 aromatic carbocycles. The van der Waals surface area contributed by atoms with Crippen LogP contribution in [0.5, 0.6) is 0 Å². The van der Waals surface area contributed by atoms with Crippen molar-refractivity contribution in [3.8, 4) is 5.13 Å². The highest BCUT2D eigenvalue weighted by Gasteiger charge is 2.37. The van der Waals surface area contributed by atoms with Gasteiger partial charge in [0.15, 0.2) is 5.82 Å². The Labute approximate surface area is 205 Å². The molecule has 0 saturated heterocycles. The van der Waals surface area contributed by atoms with Crippen molar-refractivity contribution >= 4 is 23.2 Å². The number of amides is 2. The minimum Gasteiger partial charge on any atom is -0.342 e. The number of aryl methyl sites for hydroxylation is 1. The van der Waals surface area contributed by atoms with Gasteiger partial charge in [0.1, 0.15) is 10.7 Å². The second kappa shape index (κ2) is 9.87. The summed E-state index contributed by atoms with van der Waals surface area (Å²) in [6.45, 7) is 5.24. The summed E-state index contributed by atoms with van der Waals surface area (Å²) >= 11 is 1.00. The summed E-state index contributed by atoms with van der Waals surface area (Å²) in [7, 11) is 1.61. The van der Waals surface area contributed by atoms with Crippen molar-refractivity contribution in [3.05, 3.63) is 57.6 Å². The summed E-state index contributed by atoms with van der Waals surface area (Å²) in [4.78, 5) is 35.2. The van der Waals surface area contributed by atoms with Crippen LogP contribution >= 0.6 is 11.3 Å². The van der Waals surface area contributed by atoms with E-state index in [2.05, 4.69) is 20.4 Å². The Balaban J connectivity index is 1.91. The molecule has 8 nitrogen and oxygen atoms in total. The maximum Gasteiger partial charge on any atom is 0.416 e. The van der Waals surface area contributed by atoms with Crippen molar-refractivity contribution in [2.45, 2.75) is 39.2 Å². The Morgan fingerprint density at radius 2 is 1.69 bits per heavy atom. The van der Waals surface area contributed by atoms with Gasteiger partial charge in [-0.15, -0.1) is 5.10 Å². The van der Waals surface area contributed by atoms with Gasteiger partial charge in [-0.05, 0) is 39.0 Å². The van der Waals surface area contributed by atoms with Crippen molar-refractivity contribution in [3.63, 3.8) is 0 Å². The van der Waals surface area contributed by atoms with Crippen LogP contribution in [0.15, 0.2) is 24.4 Å². The largest absolute Gasteiger partial charge is 0.416 e. The molecule has 15 heteroatoms. The van der Waals surface area contributed by atoms with Gasteiger partial charge in [-0.25, -0.2) is 9.97 Å². The van der Waals surface area contributed by atoms with Gasteiger partial charge in [0.2, 0.25) is 5.13 Å². The first-order valence-electron chi connectivity index (χ1n) is 10.4. The quantitative estimate of drug-likeness (QED) is 0.465. The first kappa shape index (κ1) is 27.1. The van der Waals surface area contributed by atoms with Crippen LogP contribution in [0.4, 0.5) is 26.3 Å². The molecule has 3 rings (SSSR count). The normalized spacial score (nSPS) is 12.9. The van der Waals surface area contributed by atoms with E-state index in [1.54, 1.807) is 20.9 Å². The number of benzene rings is 1. The van der Waals surface area contributed by atoms with Crippen LogP contribution in [-0.2, 0) is 12.4 Å². The lowest BCUT2D eigenvalue weighted by Crippen LogP contribution is -2.29. The lowest BCUT2D eigenvalue weighted by Gasteiger charge is -2.16. The number of carbonyl (C=O) groups is 2. The zero-order chi connectivity index (χ0) is 27.0. The van der Waals surface area contributed by atoms with E-state index in [4.69, 9.17) is 0 Å². The molecule has 2 amide bonds. The van der Waals surface area contributed by atoms with Crippen LogP contribution in [0, 0.1) is 6.92 Å². The minimum atomic E-state index is -5.09. The fourth-order valence-electron chi connectivity index (χ4n) is 3.08. The summed E-state index contributed by atoms with van der Waals surface area (Å²) in [5, 5.41) is 6.78. The van der Waals surface area contributed by atoms with E-state index in [0.29, 0.717) is 23.6 Å². The van der Waals surface area contributed by atoms with E-state index >= 15 is 0 Å². The van der Waals surface area contributed by atoms with Crippen molar-refractivity contribution in [2.24, 2.45) is 0 Å². The zero-order valence-electron chi connectivity index (χ0n) is 19.3. The SMILES string of the molecule is CCN(C)C(=O)c1cnc(-n2nc(C)nc2[C@H](C)NC(=O)c2cc(C(F)(F)F)cc(C(F)(F)F)c2)s1. The second-order valence-electron chi connectivity index (χ2n) is 7.75. The lowest BCUT2D eigenvalue weighted by molar-refractivity contribution is -0.143. The third-order valence-corrected chi connectivity index (χ3v) is 5.99. The van der Waals surface area contributed by atoms with E-state index in [1.807, 2.05) is 0 Å². The number of halogens is 6. The molecule has 2 aromatic heterocycles. The van der Waals surface area contributed by atoms with E-state index in [9.17, 15) is 35.9 Å². The molecule has 194 valence electrons. The number of nitrogens with one attached hydrogen (secondary N) is 1. The average molecular weight is 534 g/mol. The lowest BCUT2D eigenvalue weighted by atomic mass is 10.0. The van der Waals surface area contributed by atoms with Crippen LogP contribution in [0.25, 0.3) is 5.13 Å². The molecule has 0 radical (unpaired) electrons. The van der Waals surface area contributed by atoms with Gasteiger partial charge in [-0.1, -0.05) is 11.3 Å². The predicted molar refractivity (Wildman–Crippen MR) is 117 cm³/mol. The predicted octanol–water partition coefficient (Wildman–Crippen LogP) is 4.65.